The van der Waals surface area contributed by atoms with E-state index in [-0.39, 0.29) is 5.91 Å². The Labute approximate surface area is 158 Å². The number of carbonyl (C=O) groups excluding carboxylic acids is 1. The van der Waals surface area contributed by atoms with Gasteiger partial charge < -0.3 is 14.5 Å². The fourth-order valence-electron chi connectivity index (χ4n) is 3.54. The number of anilines is 2. The third kappa shape index (κ3) is 3.59. The quantitative estimate of drug-likeness (QED) is 0.812. The lowest BCUT2D eigenvalue weighted by atomic mass is 9.95. The molecule has 0 radical (unpaired) electrons. The van der Waals surface area contributed by atoms with Gasteiger partial charge in [0.2, 0.25) is 0 Å². The van der Waals surface area contributed by atoms with E-state index in [0.29, 0.717) is 56.2 Å². The Kier molecular flexibility index (Phi) is 4.45. The standard InChI is InChI=1S/C20H23FN4O2/c1-14-22-8-5-18(23-14)25-11-12-27-17-13-15(3-4-16(17)25)19(26)24-9-6-20(2,21)7-10-24/h3-5,8,13H,6-7,9-12H2,1-2H3. The van der Waals surface area contributed by atoms with Crippen LogP contribution in [0.2, 0.25) is 0 Å². The number of likely N-dealkylation sites (tertiary alicyclic amines) is 1. The molecule has 6 nitrogen and oxygen atoms in total. The number of rotatable bonds is 2. The second-order valence-electron chi connectivity index (χ2n) is 7.35. The Balaban J connectivity index is 1.57. The molecule has 1 fully saturated rings. The molecule has 0 unspecified atom stereocenters. The van der Waals surface area contributed by atoms with Crippen molar-refractivity contribution in [2.45, 2.75) is 32.4 Å². The molecule has 142 valence electrons. The summed E-state index contributed by atoms with van der Waals surface area (Å²) in [5, 5.41) is 0. The minimum Gasteiger partial charge on any atom is -0.490 e. The molecule has 0 bridgehead atoms. The predicted octanol–water partition coefficient (Wildman–Crippen LogP) is 3.28. The van der Waals surface area contributed by atoms with Crippen LogP contribution in [0.4, 0.5) is 15.9 Å². The number of fused-ring (bicyclic) bond motifs is 1. The number of alkyl halides is 1. The normalized spacial score (nSPS) is 18.6. The van der Waals surface area contributed by atoms with Gasteiger partial charge in [0.15, 0.2) is 0 Å². The van der Waals surface area contributed by atoms with Gasteiger partial charge in [0.05, 0.1) is 12.2 Å². The number of hydrogen-bond donors (Lipinski definition) is 0. The number of aromatic nitrogens is 2. The molecule has 0 atom stereocenters. The topological polar surface area (TPSA) is 58.6 Å². The predicted molar refractivity (Wildman–Crippen MR) is 100 cm³/mol. The lowest BCUT2D eigenvalue weighted by Crippen LogP contribution is -2.43. The van der Waals surface area contributed by atoms with Crippen LogP contribution in [0.3, 0.4) is 0 Å². The zero-order valence-corrected chi connectivity index (χ0v) is 15.6. The molecule has 0 aliphatic carbocycles. The molecule has 1 aromatic heterocycles. The van der Waals surface area contributed by atoms with Crippen molar-refractivity contribution >= 4 is 17.4 Å². The molecule has 7 heteroatoms. The van der Waals surface area contributed by atoms with E-state index in [1.807, 2.05) is 19.1 Å². The summed E-state index contributed by atoms with van der Waals surface area (Å²) in [5.74, 6) is 2.10. The minimum absolute atomic E-state index is 0.0769. The van der Waals surface area contributed by atoms with Gasteiger partial charge in [-0.15, -0.1) is 0 Å². The summed E-state index contributed by atoms with van der Waals surface area (Å²) in [7, 11) is 0. The average Bonchev–Trinajstić information content (AvgIpc) is 2.66. The summed E-state index contributed by atoms with van der Waals surface area (Å²) in [6, 6.07) is 7.34. The first-order valence-corrected chi connectivity index (χ1v) is 9.25. The summed E-state index contributed by atoms with van der Waals surface area (Å²) >= 11 is 0. The van der Waals surface area contributed by atoms with Crippen LogP contribution in [0, 0.1) is 6.92 Å². The first-order chi connectivity index (χ1) is 12.9. The second kappa shape index (κ2) is 6.79. The van der Waals surface area contributed by atoms with Crippen molar-refractivity contribution in [2.75, 3.05) is 31.1 Å². The number of benzene rings is 1. The molecule has 2 aliphatic heterocycles. The number of halogens is 1. The van der Waals surface area contributed by atoms with E-state index >= 15 is 0 Å². The van der Waals surface area contributed by atoms with Gasteiger partial charge in [0.25, 0.3) is 5.91 Å². The molecule has 1 aromatic carbocycles. The van der Waals surface area contributed by atoms with E-state index in [4.69, 9.17) is 4.74 Å². The van der Waals surface area contributed by atoms with Crippen molar-refractivity contribution < 1.29 is 13.9 Å². The largest absolute Gasteiger partial charge is 0.490 e. The van der Waals surface area contributed by atoms with E-state index in [1.54, 1.807) is 30.2 Å². The first kappa shape index (κ1) is 17.7. The van der Waals surface area contributed by atoms with Gasteiger partial charge in [-0.05, 0) is 51.0 Å². The van der Waals surface area contributed by atoms with Crippen LogP contribution in [0.15, 0.2) is 30.5 Å². The molecule has 1 amide bonds. The van der Waals surface area contributed by atoms with Crippen LogP contribution < -0.4 is 9.64 Å². The number of ether oxygens (including phenoxy) is 1. The average molecular weight is 370 g/mol. The number of nitrogens with zero attached hydrogens (tertiary/aromatic N) is 4. The third-order valence-electron chi connectivity index (χ3n) is 5.20. The van der Waals surface area contributed by atoms with Crippen LogP contribution >= 0.6 is 0 Å². The maximum Gasteiger partial charge on any atom is 0.253 e. The molecular formula is C20H23FN4O2. The third-order valence-corrected chi connectivity index (χ3v) is 5.20. The molecule has 0 saturated carbocycles. The Morgan fingerprint density at radius 3 is 2.74 bits per heavy atom. The second-order valence-corrected chi connectivity index (χ2v) is 7.35. The Morgan fingerprint density at radius 1 is 1.22 bits per heavy atom. The van der Waals surface area contributed by atoms with Gasteiger partial charge in [-0.3, -0.25) is 4.79 Å². The zero-order chi connectivity index (χ0) is 19.0. The summed E-state index contributed by atoms with van der Waals surface area (Å²) in [6.45, 7) is 5.53. The molecule has 3 heterocycles. The molecular weight excluding hydrogens is 347 g/mol. The molecule has 2 aliphatic rings. The van der Waals surface area contributed by atoms with E-state index in [2.05, 4.69) is 14.9 Å². The maximum absolute atomic E-state index is 14.0. The number of aryl methyl sites for hydroxylation is 1. The zero-order valence-electron chi connectivity index (χ0n) is 15.6. The van der Waals surface area contributed by atoms with Crippen LogP contribution in [0.1, 0.15) is 35.9 Å². The molecule has 4 rings (SSSR count). The van der Waals surface area contributed by atoms with Crippen LogP contribution in [-0.4, -0.2) is 52.7 Å². The number of piperidine rings is 1. The monoisotopic (exact) mass is 370 g/mol. The van der Waals surface area contributed by atoms with Crippen molar-refractivity contribution in [1.29, 1.82) is 0 Å². The number of amides is 1. The molecule has 0 N–H and O–H groups in total. The smallest absolute Gasteiger partial charge is 0.253 e. The molecule has 2 aromatic rings. The van der Waals surface area contributed by atoms with Crippen molar-refractivity contribution in [3.63, 3.8) is 0 Å². The lowest BCUT2D eigenvalue weighted by molar-refractivity contribution is 0.0503. The Morgan fingerprint density at radius 2 is 2.00 bits per heavy atom. The van der Waals surface area contributed by atoms with Gasteiger partial charge in [-0.1, -0.05) is 0 Å². The van der Waals surface area contributed by atoms with Crippen LogP contribution in [0.5, 0.6) is 5.75 Å². The summed E-state index contributed by atoms with van der Waals surface area (Å²) < 4.78 is 19.8. The van der Waals surface area contributed by atoms with Gasteiger partial charge in [-0.2, -0.15) is 0 Å². The van der Waals surface area contributed by atoms with Gasteiger partial charge in [0.1, 0.15) is 29.7 Å². The van der Waals surface area contributed by atoms with E-state index < -0.39 is 5.67 Å². The lowest BCUT2D eigenvalue weighted by Gasteiger charge is -2.34. The highest BCUT2D eigenvalue weighted by molar-refractivity contribution is 5.95. The SMILES string of the molecule is Cc1nccc(N2CCOc3cc(C(=O)N4CCC(C)(F)CC4)ccc32)n1. The summed E-state index contributed by atoms with van der Waals surface area (Å²) in [5.41, 5.74) is 0.272. The first-order valence-electron chi connectivity index (χ1n) is 9.25. The molecule has 1 saturated heterocycles. The van der Waals surface area contributed by atoms with Crippen molar-refractivity contribution in [3.05, 3.63) is 41.9 Å². The fourth-order valence-corrected chi connectivity index (χ4v) is 3.54. The van der Waals surface area contributed by atoms with E-state index in [1.165, 1.54) is 0 Å². The van der Waals surface area contributed by atoms with Crippen molar-refractivity contribution in [2.24, 2.45) is 0 Å². The van der Waals surface area contributed by atoms with Crippen molar-refractivity contribution in [3.8, 4) is 5.75 Å². The Hall–Kier alpha value is -2.70. The van der Waals surface area contributed by atoms with E-state index in [0.717, 1.165) is 11.5 Å². The molecule has 0 spiro atoms. The van der Waals surface area contributed by atoms with Crippen LogP contribution in [-0.2, 0) is 0 Å². The number of hydrogen-bond acceptors (Lipinski definition) is 5. The fraction of sp³-hybridized carbons (Fsp3) is 0.450. The highest BCUT2D eigenvalue weighted by Crippen LogP contribution is 2.37. The van der Waals surface area contributed by atoms with E-state index in [9.17, 15) is 9.18 Å². The van der Waals surface area contributed by atoms with Gasteiger partial charge in [-0.25, -0.2) is 14.4 Å². The van der Waals surface area contributed by atoms with Gasteiger partial charge >= 0.3 is 0 Å². The summed E-state index contributed by atoms with van der Waals surface area (Å²) in [4.78, 5) is 25.2. The van der Waals surface area contributed by atoms with Crippen LogP contribution in [0.25, 0.3) is 0 Å². The summed E-state index contributed by atoms with van der Waals surface area (Å²) in [6.07, 6.45) is 2.49. The van der Waals surface area contributed by atoms with Crippen molar-refractivity contribution in [1.82, 2.24) is 14.9 Å². The molecule has 27 heavy (non-hydrogen) atoms. The highest BCUT2D eigenvalue weighted by atomic mass is 19.1. The van der Waals surface area contributed by atoms with Gasteiger partial charge in [0, 0.05) is 24.8 Å². The minimum atomic E-state index is -1.17. The number of carbonyl (C=O) groups is 1. The maximum atomic E-state index is 14.0. The highest BCUT2D eigenvalue weighted by Gasteiger charge is 2.32. The Bertz CT molecular complexity index is 861.